The van der Waals surface area contributed by atoms with Crippen molar-refractivity contribution in [3.63, 3.8) is 0 Å². The molecule has 1 aromatic rings. The normalized spacial score (nSPS) is 10.7. The first-order chi connectivity index (χ1) is 8.36. The van der Waals surface area contributed by atoms with Gasteiger partial charge in [0.25, 0.3) is 0 Å². The number of thioether (sulfide) groups is 1. The third-order valence-electron chi connectivity index (χ3n) is 1.94. The van der Waals surface area contributed by atoms with Crippen molar-refractivity contribution in [1.82, 2.24) is 15.3 Å². The van der Waals surface area contributed by atoms with Crippen LogP contribution in [0.5, 0.6) is 0 Å². The van der Waals surface area contributed by atoms with Gasteiger partial charge in [-0.15, -0.1) is 0 Å². The van der Waals surface area contributed by atoms with Gasteiger partial charge in [-0.1, -0.05) is 18.7 Å². The minimum absolute atomic E-state index is 0.0738. The molecule has 17 heavy (non-hydrogen) atoms. The fourth-order valence-corrected chi connectivity index (χ4v) is 1.69. The molecule has 0 radical (unpaired) electrons. The first-order valence-electron chi connectivity index (χ1n) is 5.70. The summed E-state index contributed by atoms with van der Waals surface area (Å²) in [6.07, 6.45) is 3.68. The van der Waals surface area contributed by atoms with Crippen LogP contribution in [0.1, 0.15) is 12.5 Å². The number of aliphatic hydroxyl groups is 1. The van der Waals surface area contributed by atoms with Crippen molar-refractivity contribution >= 4 is 11.8 Å². The summed E-state index contributed by atoms with van der Waals surface area (Å²) in [5.74, 6) is 0.986. The van der Waals surface area contributed by atoms with E-state index in [4.69, 9.17) is 9.84 Å². The maximum atomic E-state index is 8.51. The number of aliphatic hydroxyl groups excluding tert-OH is 1. The van der Waals surface area contributed by atoms with Crippen molar-refractivity contribution in [3.05, 3.63) is 18.0 Å². The summed E-state index contributed by atoms with van der Waals surface area (Å²) in [6, 6.07) is 0. The minimum atomic E-state index is 0.0738. The largest absolute Gasteiger partial charge is 0.394 e. The molecule has 0 aliphatic carbocycles. The van der Waals surface area contributed by atoms with Crippen molar-refractivity contribution in [1.29, 1.82) is 0 Å². The number of hydrogen-bond acceptors (Lipinski definition) is 6. The van der Waals surface area contributed by atoms with E-state index in [1.165, 1.54) is 0 Å². The molecule has 0 saturated carbocycles. The second kappa shape index (κ2) is 9.35. The number of nitrogens with one attached hydrogen (secondary N) is 1. The Morgan fingerprint density at radius 1 is 1.35 bits per heavy atom. The molecule has 0 spiro atoms. The van der Waals surface area contributed by atoms with Crippen LogP contribution in [0, 0.1) is 0 Å². The molecule has 0 unspecified atom stereocenters. The van der Waals surface area contributed by atoms with E-state index in [0.29, 0.717) is 13.2 Å². The lowest BCUT2D eigenvalue weighted by atomic mass is 10.3. The smallest absolute Gasteiger partial charge is 0.187 e. The second-order valence-corrected chi connectivity index (χ2v) is 4.55. The van der Waals surface area contributed by atoms with Gasteiger partial charge in [-0.25, -0.2) is 9.97 Å². The first-order valence-corrected chi connectivity index (χ1v) is 6.68. The summed E-state index contributed by atoms with van der Waals surface area (Å²) in [6.45, 7) is 4.64. The molecule has 5 nitrogen and oxygen atoms in total. The van der Waals surface area contributed by atoms with Crippen molar-refractivity contribution in [2.24, 2.45) is 0 Å². The van der Waals surface area contributed by atoms with E-state index in [-0.39, 0.29) is 6.61 Å². The third-order valence-corrected chi connectivity index (χ3v) is 2.70. The molecule has 1 aromatic heterocycles. The summed E-state index contributed by atoms with van der Waals surface area (Å²) in [7, 11) is 0. The van der Waals surface area contributed by atoms with Crippen LogP contribution in [-0.4, -0.2) is 47.2 Å². The average molecular weight is 257 g/mol. The molecule has 1 heterocycles. The Hall–Kier alpha value is -0.690. The van der Waals surface area contributed by atoms with Crippen molar-refractivity contribution in [3.8, 4) is 0 Å². The Labute approximate surface area is 106 Å². The highest BCUT2D eigenvalue weighted by Crippen LogP contribution is 2.10. The van der Waals surface area contributed by atoms with Crippen LogP contribution in [0.25, 0.3) is 0 Å². The highest BCUT2D eigenvalue weighted by Gasteiger charge is 1.97. The fourth-order valence-electron chi connectivity index (χ4n) is 1.18. The van der Waals surface area contributed by atoms with Crippen LogP contribution in [0.2, 0.25) is 0 Å². The zero-order valence-electron chi connectivity index (χ0n) is 10.1. The Balaban J connectivity index is 2.14. The van der Waals surface area contributed by atoms with E-state index in [2.05, 4.69) is 22.2 Å². The Bertz CT molecular complexity index is 295. The lowest BCUT2D eigenvalue weighted by Gasteiger charge is -2.05. The van der Waals surface area contributed by atoms with E-state index < -0.39 is 0 Å². The number of aromatic nitrogens is 2. The lowest BCUT2D eigenvalue weighted by Crippen LogP contribution is -2.20. The van der Waals surface area contributed by atoms with Crippen molar-refractivity contribution in [2.45, 2.75) is 18.6 Å². The molecular weight excluding hydrogens is 238 g/mol. The molecule has 0 atom stereocenters. The van der Waals surface area contributed by atoms with Gasteiger partial charge in [0.1, 0.15) is 0 Å². The lowest BCUT2D eigenvalue weighted by molar-refractivity contribution is 0.0938. The van der Waals surface area contributed by atoms with Crippen molar-refractivity contribution in [2.75, 3.05) is 32.1 Å². The van der Waals surface area contributed by atoms with E-state index in [1.54, 1.807) is 11.8 Å². The Morgan fingerprint density at radius 2 is 2.12 bits per heavy atom. The van der Waals surface area contributed by atoms with Crippen LogP contribution in [0.3, 0.4) is 0 Å². The number of nitrogens with zero attached hydrogens (tertiary/aromatic N) is 2. The predicted octanol–water partition coefficient (Wildman–Crippen LogP) is 0.687. The third kappa shape index (κ3) is 6.58. The summed E-state index contributed by atoms with van der Waals surface area (Å²) in [4.78, 5) is 8.49. The highest BCUT2D eigenvalue weighted by molar-refractivity contribution is 7.99. The topological polar surface area (TPSA) is 67.3 Å². The highest BCUT2D eigenvalue weighted by atomic mass is 32.2. The van der Waals surface area contributed by atoms with Crippen LogP contribution in [0.15, 0.2) is 17.6 Å². The molecule has 0 bridgehead atoms. The fraction of sp³-hybridized carbons (Fsp3) is 0.636. The summed E-state index contributed by atoms with van der Waals surface area (Å²) < 4.78 is 5.12. The SMILES string of the molecule is CCSc1ncc(CNCCOCCO)cn1. The molecular formula is C11H19N3O2S. The molecule has 1 rings (SSSR count). The van der Waals surface area contributed by atoms with Gasteiger partial charge >= 0.3 is 0 Å². The molecule has 0 fully saturated rings. The minimum Gasteiger partial charge on any atom is -0.394 e. The van der Waals surface area contributed by atoms with Crippen molar-refractivity contribution < 1.29 is 9.84 Å². The molecule has 0 aliphatic heterocycles. The number of hydrogen-bond donors (Lipinski definition) is 2. The van der Waals surface area contributed by atoms with Gasteiger partial charge < -0.3 is 15.2 Å². The Morgan fingerprint density at radius 3 is 2.76 bits per heavy atom. The molecule has 6 heteroatoms. The molecule has 0 saturated heterocycles. The number of rotatable bonds is 9. The zero-order valence-corrected chi connectivity index (χ0v) is 10.9. The molecule has 0 aliphatic rings. The molecule has 2 N–H and O–H groups in total. The van der Waals surface area contributed by atoms with Gasteiger partial charge in [0.15, 0.2) is 5.16 Å². The predicted molar refractivity (Wildman–Crippen MR) is 68.0 cm³/mol. The summed E-state index contributed by atoms with van der Waals surface area (Å²) >= 11 is 1.64. The maximum absolute atomic E-state index is 8.51. The first kappa shape index (κ1) is 14.4. The van der Waals surface area contributed by atoms with Crippen LogP contribution >= 0.6 is 11.8 Å². The van der Waals surface area contributed by atoms with Gasteiger partial charge in [0, 0.05) is 31.0 Å². The Kier molecular flexibility index (Phi) is 7.91. The zero-order chi connectivity index (χ0) is 12.3. The van der Waals surface area contributed by atoms with Gasteiger partial charge in [-0.05, 0) is 5.75 Å². The maximum Gasteiger partial charge on any atom is 0.187 e. The van der Waals surface area contributed by atoms with Crippen LogP contribution < -0.4 is 5.32 Å². The van der Waals surface area contributed by atoms with E-state index in [0.717, 1.165) is 29.6 Å². The summed E-state index contributed by atoms with van der Waals surface area (Å²) in [5.41, 5.74) is 1.06. The monoisotopic (exact) mass is 257 g/mol. The molecule has 96 valence electrons. The quantitative estimate of drug-likeness (QED) is 0.385. The van der Waals surface area contributed by atoms with Gasteiger partial charge in [0.05, 0.1) is 19.8 Å². The van der Waals surface area contributed by atoms with E-state index >= 15 is 0 Å². The standard InChI is InChI=1S/C11H19N3O2S/c1-2-17-11-13-8-10(9-14-11)7-12-3-5-16-6-4-15/h8-9,12,15H,2-7H2,1H3. The van der Waals surface area contributed by atoms with Gasteiger partial charge in [0.2, 0.25) is 0 Å². The number of ether oxygens (including phenoxy) is 1. The van der Waals surface area contributed by atoms with Crippen LogP contribution in [-0.2, 0) is 11.3 Å². The van der Waals surface area contributed by atoms with E-state index in [1.807, 2.05) is 12.4 Å². The summed E-state index contributed by atoms with van der Waals surface area (Å²) in [5, 5.41) is 12.5. The molecule has 0 amide bonds. The average Bonchev–Trinajstić information content (AvgIpc) is 2.36. The van der Waals surface area contributed by atoms with Gasteiger partial charge in [-0.2, -0.15) is 0 Å². The molecule has 0 aromatic carbocycles. The second-order valence-electron chi connectivity index (χ2n) is 3.32. The van der Waals surface area contributed by atoms with E-state index in [9.17, 15) is 0 Å². The van der Waals surface area contributed by atoms with Gasteiger partial charge in [-0.3, -0.25) is 0 Å². The van der Waals surface area contributed by atoms with Crippen LogP contribution in [0.4, 0.5) is 0 Å².